The minimum atomic E-state index is -0.105. The fourth-order valence-electron chi connectivity index (χ4n) is 2.95. The minimum absolute atomic E-state index is 0.0338. The highest BCUT2D eigenvalue weighted by Gasteiger charge is 2.09. The van der Waals surface area contributed by atoms with Gasteiger partial charge >= 0.3 is 0 Å². The van der Waals surface area contributed by atoms with E-state index in [9.17, 15) is 15.0 Å². The van der Waals surface area contributed by atoms with Crippen molar-refractivity contribution in [2.45, 2.75) is 0 Å². The predicted octanol–water partition coefficient (Wildman–Crippen LogP) is 4.93. The van der Waals surface area contributed by atoms with Gasteiger partial charge in [-0.1, -0.05) is 0 Å². The molecule has 1 aliphatic rings. The topological polar surface area (TPSA) is 120 Å². The molecule has 3 aromatic rings. The molecule has 0 saturated carbocycles. The summed E-state index contributed by atoms with van der Waals surface area (Å²) >= 11 is 0. The van der Waals surface area contributed by atoms with Crippen LogP contribution in [0.3, 0.4) is 0 Å². The molecule has 0 radical (unpaired) electrons. The quantitative estimate of drug-likeness (QED) is 0.230. The third-order valence-electron chi connectivity index (χ3n) is 4.55. The van der Waals surface area contributed by atoms with Gasteiger partial charge in [0.1, 0.15) is 17.2 Å². The molecule has 7 heteroatoms. The number of rotatable bonds is 5. The Balaban J connectivity index is 1.48. The van der Waals surface area contributed by atoms with Gasteiger partial charge in [-0.3, -0.25) is 4.79 Å². The standard InChI is InChI=1S/C24H20N4O3/c25-21-13-23(28-18-7-11-20(30)12-8-18)24(31)14-22(21)27-17-3-1-15(2-4-17)26-16-5-9-19(29)10-6-16/h1-14,26-27,29,31H,25H2. The summed E-state index contributed by atoms with van der Waals surface area (Å²) < 4.78 is 0. The van der Waals surface area contributed by atoms with E-state index in [2.05, 4.69) is 15.6 Å². The highest BCUT2D eigenvalue weighted by atomic mass is 16.3. The summed E-state index contributed by atoms with van der Waals surface area (Å²) in [5, 5.41) is 26.1. The molecule has 0 atom stereocenters. The molecular weight excluding hydrogens is 392 g/mol. The minimum Gasteiger partial charge on any atom is -0.508 e. The van der Waals surface area contributed by atoms with Crippen LogP contribution in [0.1, 0.15) is 0 Å². The average molecular weight is 412 g/mol. The molecule has 0 spiro atoms. The van der Waals surface area contributed by atoms with Crippen LogP contribution in [0.25, 0.3) is 0 Å². The maximum absolute atomic E-state index is 11.2. The number of hydrogen-bond acceptors (Lipinski definition) is 7. The molecule has 3 aromatic carbocycles. The fourth-order valence-corrected chi connectivity index (χ4v) is 2.95. The van der Waals surface area contributed by atoms with Gasteiger partial charge in [-0.05, 0) is 78.9 Å². The van der Waals surface area contributed by atoms with Gasteiger partial charge in [0.2, 0.25) is 0 Å². The second-order valence-corrected chi connectivity index (χ2v) is 6.91. The van der Waals surface area contributed by atoms with Gasteiger partial charge in [0.25, 0.3) is 0 Å². The molecule has 0 bridgehead atoms. The number of aliphatic imine (C=N–C) groups is 1. The number of aromatic hydroxyl groups is 2. The van der Waals surface area contributed by atoms with Crippen molar-refractivity contribution in [2.24, 2.45) is 4.99 Å². The summed E-state index contributed by atoms with van der Waals surface area (Å²) in [6.45, 7) is 0. The smallest absolute Gasteiger partial charge is 0.178 e. The summed E-state index contributed by atoms with van der Waals surface area (Å²) in [4.78, 5) is 15.5. The van der Waals surface area contributed by atoms with E-state index in [1.54, 1.807) is 42.5 Å². The number of allylic oxidation sites excluding steroid dienone is 4. The van der Waals surface area contributed by atoms with E-state index in [1.165, 1.54) is 18.2 Å². The molecule has 0 amide bonds. The number of nitrogens with zero attached hydrogens (tertiary/aromatic N) is 1. The monoisotopic (exact) mass is 412 g/mol. The number of nitrogens with one attached hydrogen (secondary N) is 2. The third kappa shape index (κ3) is 4.91. The van der Waals surface area contributed by atoms with Gasteiger partial charge in [0.15, 0.2) is 5.78 Å². The lowest BCUT2D eigenvalue weighted by Gasteiger charge is -2.13. The molecule has 0 unspecified atom stereocenters. The van der Waals surface area contributed by atoms with Crippen molar-refractivity contribution in [1.29, 1.82) is 0 Å². The number of ketones is 1. The van der Waals surface area contributed by atoms with Crippen molar-refractivity contribution >= 4 is 45.6 Å². The van der Waals surface area contributed by atoms with E-state index in [-0.39, 0.29) is 17.3 Å². The first kappa shape index (κ1) is 19.8. The van der Waals surface area contributed by atoms with Crippen LogP contribution >= 0.6 is 0 Å². The van der Waals surface area contributed by atoms with Crippen molar-refractivity contribution in [3.8, 4) is 11.5 Å². The van der Waals surface area contributed by atoms with E-state index < -0.39 is 0 Å². The van der Waals surface area contributed by atoms with Crippen LogP contribution in [-0.2, 0) is 4.79 Å². The van der Waals surface area contributed by atoms with E-state index in [0.29, 0.717) is 22.8 Å². The van der Waals surface area contributed by atoms with Crippen LogP contribution in [0, 0.1) is 0 Å². The first-order valence-corrected chi connectivity index (χ1v) is 9.51. The number of nitrogen functional groups attached to an aromatic ring is 1. The molecule has 0 aliphatic heterocycles. The van der Waals surface area contributed by atoms with Gasteiger partial charge in [-0.2, -0.15) is 0 Å². The number of phenols is 2. The van der Waals surface area contributed by atoms with Crippen molar-refractivity contribution in [3.05, 3.63) is 85.0 Å². The van der Waals surface area contributed by atoms with Crippen LogP contribution in [-0.4, -0.2) is 21.7 Å². The summed E-state index contributed by atoms with van der Waals surface area (Å²) in [7, 11) is 0. The largest absolute Gasteiger partial charge is 0.508 e. The van der Waals surface area contributed by atoms with Gasteiger partial charge in [0.05, 0.1) is 17.1 Å². The SMILES string of the molecule is Nc1cc(N=C2C=CC(=O)C=C2)c(O)cc1Nc1ccc(Nc2ccc(O)cc2)cc1. The number of benzene rings is 3. The average Bonchev–Trinajstić information content (AvgIpc) is 2.76. The number of carbonyl (C=O) groups excluding carboxylic acids is 1. The number of carbonyl (C=O) groups is 1. The number of nitrogens with two attached hydrogens (primary N) is 1. The van der Waals surface area contributed by atoms with Crippen molar-refractivity contribution in [3.63, 3.8) is 0 Å². The van der Waals surface area contributed by atoms with Crippen LogP contribution in [0.15, 0.2) is 90.0 Å². The molecule has 0 heterocycles. The molecular formula is C24H20N4O3. The van der Waals surface area contributed by atoms with Gasteiger partial charge in [-0.15, -0.1) is 0 Å². The molecule has 1 aliphatic carbocycles. The van der Waals surface area contributed by atoms with Gasteiger partial charge in [-0.25, -0.2) is 4.99 Å². The van der Waals surface area contributed by atoms with Gasteiger partial charge < -0.3 is 26.6 Å². The lowest BCUT2D eigenvalue weighted by atomic mass is 10.1. The molecule has 31 heavy (non-hydrogen) atoms. The zero-order valence-electron chi connectivity index (χ0n) is 16.4. The number of phenolic OH excluding ortho intramolecular Hbond substituents is 2. The fraction of sp³-hybridized carbons (Fsp3) is 0. The Morgan fingerprint density at radius 2 is 1.29 bits per heavy atom. The van der Waals surface area contributed by atoms with E-state index in [0.717, 1.165) is 17.1 Å². The molecule has 0 fully saturated rings. The normalized spacial score (nSPS) is 12.6. The summed E-state index contributed by atoms with van der Waals surface area (Å²) in [6.07, 6.45) is 5.99. The zero-order valence-corrected chi connectivity index (χ0v) is 16.4. The Bertz CT molecular complexity index is 1190. The van der Waals surface area contributed by atoms with Crippen molar-refractivity contribution in [1.82, 2.24) is 0 Å². The number of hydrogen-bond donors (Lipinski definition) is 5. The molecule has 6 N–H and O–H groups in total. The number of anilines is 5. The van der Waals surface area contributed by atoms with E-state index >= 15 is 0 Å². The Morgan fingerprint density at radius 1 is 0.742 bits per heavy atom. The summed E-state index contributed by atoms with van der Waals surface area (Å²) in [5.74, 6) is 0.0742. The highest BCUT2D eigenvalue weighted by Crippen LogP contribution is 2.36. The second-order valence-electron chi connectivity index (χ2n) is 6.91. The second kappa shape index (κ2) is 8.46. The van der Waals surface area contributed by atoms with Crippen LogP contribution in [0.5, 0.6) is 11.5 Å². The summed E-state index contributed by atoms with van der Waals surface area (Å²) in [6, 6.07) is 17.4. The maximum Gasteiger partial charge on any atom is 0.178 e. The summed E-state index contributed by atoms with van der Waals surface area (Å²) in [5.41, 5.74) is 10.5. The Kier molecular flexibility index (Phi) is 5.40. The molecule has 154 valence electrons. The van der Waals surface area contributed by atoms with Crippen molar-refractivity contribution < 1.29 is 15.0 Å². The molecule has 0 saturated heterocycles. The van der Waals surface area contributed by atoms with Crippen LogP contribution in [0.2, 0.25) is 0 Å². The molecule has 7 nitrogen and oxygen atoms in total. The van der Waals surface area contributed by atoms with Crippen molar-refractivity contribution in [2.75, 3.05) is 16.4 Å². The van der Waals surface area contributed by atoms with E-state index in [4.69, 9.17) is 5.73 Å². The maximum atomic E-state index is 11.2. The van der Waals surface area contributed by atoms with Crippen LogP contribution < -0.4 is 16.4 Å². The Hall–Kier alpha value is -4.52. The lowest BCUT2D eigenvalue weighted by Crippen LogP contribution is -1.99. The predicted molar refractivity (Wildman–Crippen MR) is 124 cm³/mol. The lowest BCUT2D eigenvalue weighted by molar-refractivity contribution is -0.110. The zero-order chi connectivity index (χ0) is 21.8. The first-order valence-electron chi connectivity index (χ1n) is 9.51. The Labute approximate surface area is 178 Å². The van der Waals surface area contributed by atoms with E-state index in [1.807, 2.05) is 24.3 Å². The van der Waals surface area contributed by atoms with Crippen LogP contribution in [0.4, 0.5) is 34.1 Å². The third-order valence-corrected chi connectivity index (χ3v) is 4.55. The Morgan fingerprint density at radius 3 is 1.90 bits per heavy atom. The van der Waals surface area contributed by atoms with Gasteiger partial charge in [0, 0.05) is 23.1 Å². The molecule has 4 rings (SSSR count). The first-order chi connectivity index (χ1) is 15.0. The molecule has 0 aromatic heterocycles. The highest BCUT2D eigenvalue weighted by molar-refractivity contribution is 6.17.